The molecule has 0 aliphatic carbocycles. The summed E-state index contributed by atoms with van der Waals surface area (Å²) in [6, 6.07) is 7.84. The molecular weight excluding hydrogens is 230 g/mol. The first-order chi connectivity index (χ1) is 8.76. The summed E-state index contributed by atoms with van der Waals surface area (Å²) < 4.78 is 16.1. The molecule has 0 aliphatic heterocycles. The molecule has 2 N–H and O–H groups in total. The van der Waals surface area contributed by atoms with E-state index in [0.717, 1.165) is 17.7 Å². The van der Waals surface area contributed by atoms with Gasteiger partial charge in [0.2, 0.25) is 0 Å². The van der Waals surface area contributed by atoms with Crippen molar-refractivity contribution in [3.05, 3.63) is 29.8 Å². The smallest absolute Gasteiger partial charge is 0.119 e. The van der Waals surface area contributed by atoms with Gasteiger partial charge in [-0.05, 0) is 24.6 Å². The van der Waals surface area contributed by atoms with Crippen LogP contribution in [-0.2, 0) is 16.0 Å². The second kappa shape index (κ2) is 8.91. The summed E-state index contributed by atoms with van der Waals surface area (Å²) in [4.78, 5) is 0. The lowest BCUT2D eigenvalue weighted by Crippen LogP contribution is -2.16. The summed E-state index contributed by atoms with van der Waals surface area (Å²) >= 11 is 0. The van der Waals surface area contributed by atoms with Gasteiger partial charge in [-0.2, -0.15) is 0 Å². The maximum absolute atomic E-state index is 5.60. The summed E-state index contributed by atoms with van der Waals surface area (Å²) in [5, 5.41) is 0. The minimum Gasteiger partial charge on any atom is -0.494 e. The Balaban J connectivity index is 2.10. The minimum absolute atomic E-state index is 0.138. The number of hydrogen-bond donors (Lipinski definition) is 1. The molecule has 4 heteroatoms. The van der Waals surface area contributed by atoms with Crippen molar-refractivity contribution >= 4 is 0 Å². The average Bonchev–Trinajstić information content (AvgIpc) is 2.39. The summed E-state index contributed by atoms with van der Waals surface area (Å²) in [6.07, 6.45) is 1.01. The highest BCUT2D eigenvalue weighted by Gasteiger charge is 2.00. The molecule has 0 aliphatic rings. The van der Waals surface area contributed by atoms with Crippen LogP contribution in [0.2, 0.25) is 0 Å². The molecule has 0 saturated carbocycles. The zero-order valence-electron chi connectivity index (χ0n) is 11.2. The standard InChI is InChI=1S/C14H23NO3/c1-12(11-16-2)17-8-3-9-18-14-6-4-13(10-15)5-7-14/h4-7,12H,3,8-11,15H2,1-2H3. The number of benzene rings is 1. The Morgan fingerprint density at radius 2 is 1.89 bits per heavy atom. The Labute approximate surface area is 109 Å². The van der Waals surface area contributed by atoms with Crippen LogP contribution in [0.1, 0.15) is 18.9 Å². The highest BCUT2D eigenvalue weighted by atomic mass is 16.5. The Morgan fingerprint density at radius 3 is 2.50 bits per heavy atom. The Morgan fingerprint density at radius 1 is 1.17 bits per heavy atom. The van der Waals surface area contributed by atoms with Gasteiger partial charge in [-0.15, -0.1) is 0 Å². The normalized spacial score (nSPS) is 12.4. The minimum atomic E-state index is 0.138. The largest absolute Gasteiger partial charge is 0.494 e. The Kier molecular flexibility index (Phi) is 7.41. The third-order valence-electron chi connectivity index (χ3n) is 2.52. The third kappa shape index (κ3) is 6.00. The first-order valence-corrected chi connectivity index (χ1v) is 6.28. The Hall–Kier alpha value is -1.10. The first-order valence-electron chi connectivity index (χ1n) is 6.28. The molecule has 0 radical (unpaired) electrons. The van der Waals surface area contributed by atoms with Gasteiger partial charge < -0.3 is 19.9 Å². The van der Waals surface area contributed by atoms with Gasteiger partial charge in [-0.25, -0.2) is 0 Å². The van der Waals surface area contributed by atoms with E-state index in [1.165, 1.54) is 0 Å². The van der Waals surface area contributed by atoms with Crippen LogP contribution in [0.4, 0.5) is 0 Å². The predicted molar refractivity (Wildman–Crippen MR) is 71.7 cm³/mol. The van der Waals surface area contributed by atoms with E-state index in [2.05, 4.69) is 0 Å². The molecule has 1 unspecified atom stereocenters. The predicted octanol–water partition coefficient (Wildman–Crippen LogP) is 1.97. The molecule has 18 heavy (non-hydrogen) atoms. The van der Waals surface area contributed by atoms with Gasteiger partial charge in [0.1, 0.15) is 5.75 Å². The molecule has 0 spiro atoms. The number of rotatable bonds is 9. The van der Waals surface area contributed by atoms with E-state index in [4.69, 9.17) is 19.9 Å². The third-order valence-corrected chi connectivity index (χ3v) is 2.52. The van der Waals surface area contributed by atoms with Crippen molar-refractivity contribution in [2.45, 2.75) is 26.0 Å². The molecule has 1 rings (SSSR count). The Bertz CT molecular complexity index is 313. The van der Waals surface area contributed by atoms with Crippen LogP contribution in [0, 0.1) is 0 Å². The zero-order valence-corrected chi connectivity index (χ0v) is 11.2. The van der Waals surface area contributed by atoms with Crippen molar-refractivity contribution in [3.63, 3.8) is 0 Å². The molecule has 4 nitrogen and oxygen atoms in total. The lowest BCUT2D eigenvalue weighted by molar-refractivity contribution is 0.00508. The lowest BCUT2D eigenvalue weighted by Gasteiger charge is -2.12. The van der Waals surface area contributed by atoms with Crippen molar-refractivity contribution < 1.29 is 14.2 Å². The quantitative estimate of drug-likeness (QED) is 0.684. The highest BCUT2D eigenvalue weighted by molar-refractivity contribution is 5.26. The van der Waals surface area contributed by atoms with Gasteiger partial charge in [0.15, 0.2) is 0 Å². The fourth-order valence-electron chi connectivity index (χ4n) is 1.54. The van der Waals surface area contributed by atoms with Crippen LogP contribution in [-0.4, -0.2) is 33.0 Å². The van der Waals surface area contributed by atoms with Gasteiger partial charge in [0.05, 0.1) is 25.9 Å². The maximum Gasteiger partial charge on any atom is 0.119 e. The van der Waals surface area contributed by atoms with Crippen LogP contribution in [0.3, 0.4) is 0 Å². The van der Waals surface area contributed by atoms with E-state index in [9.17, 15) is 0 Å². The summed E-state index contributed by atoms with van der Waals surface area (Å²) in [5.41, 5.74) is 6.64. The number of ether oxygens (including phenoxy) is 3. The fraction of sp³-hybridized carbons (Fsp3) is 0.571. The molecule has 1 aromatic carbocycles. The molecule has 0 heterocycles. The molecular formula is C14H23NO3. The molecule has 0 aromatic heterocycles. The van der Waals surface area contributed by atoms with Crippen molar-refractivity contribution in [2.75, 3.05) is 26.9 Å². The average molecular weight is 253 g/mol. The summed E-state index contributed by atoms with van der Waals surface area (Å²) in [6.45, 7) is 4.52. The molecule has 0 amide bonds. The summed E-state index contributed by atoms with van der Waals surface area (Å²) in [5.74, 6) is 0.872. The van der Waals surface area contributed by atoms with Gasteiger partial charge in [-0.3, -0.25) is 0 Å². The van der Waals surface area contributed by atoms with Gasteiger partial charge >= 0.3 is 0 Å². The fourth-order valence-corrected chi connectivity index (χ4v) is 1.54. The van der Waals surface area contributed by atoms with E-state index < -0.39 is 0 Å². The van der Waals surface area contributed by atoms with Crippen molar-refractivity contribution in [1.29, 1.82) is 0 Å². The number of hydrogen-bond acceptors (Lipinski definition) is 4. The maximum atomic E-state index is 5.60. The van der Waals surface area contributed by atoms with Crippen molar-refractivity contribution in [3.8, 4) is 5.75 Å². The lowest BCUT2D eigenvalue weighted by atomic mass is 10.2. The molecule has 1 atom stereocenters. The van der Waals surface area contributed by atoms with E-state index in [0.29, 0.717) is 26.4 Å². The van der Waals surface area contributed by atoms with Gasteiger partial charge in [0.25, 0.3) is 0 Å². The molecule has 0 fully saturated rings. The van der Waals surface area contributed by atoms with Crippen LogP contribution in [0.15, 0.2) is 24.3 Å². The second-order valence-electron chi connectivity index (χ2n) is 4.19. The van der Waals surface area contributed by atoms with Crippen LogP contribution in [0.25, 0.3) is 0 Å². The highest BCUT2D eigenvalue weighted by Crippen LogP contribution is 2.11. The second-order valence-corrected chi connectivity index (χ2v) is 4.19. The van der Waals surface area contributed by atoms with Crippen LogP contribution < -0.4 is 10.5 Å². The number of nitrogens with two attached hydrogens (primary N) is 1. The van der Waals surface area contributed by atoms with Crippen LogP contribution >= 0.6 is 0 Å². The topological polar surface area (TPSA) is 53.7 Å². The SMILES string of the molecule is COCC(C)OCCCOc1ccc(CN)cc1. The molecule has 0 bridgehead atoms. The van der Waals surface area contributed by atoms with E-state index >= 15 is 0 Å². The monoisotopic (exact) mass is 253 g/mol. The van der Waals surface area contributed by atoms with Crippen molar-refractivity contribution in [2.24, 2.45) is 5.73 Å². The van der Waals surface area contributed by atoms with Crippen molar-refractivity contribution in [1.82, 2.24) is 0 Å². The van der Waals surface area contributed by atoms with Gasteiger partial charge in [-0.1, -0.05) is 12.1 Å². The summed E-state index contributed by atoms with van der Waals surface area (Å²) in [7, 11) is 1.67. The zero-order chi connectivity index (χ0) is 13.2. The van der Waals surface area contributed by atoms with E-state index in [-0.39, 0.29) is 6.10 Å². The molecule has 102 valence electrons. The molecule has 1 aromatic rings. The van der Waals surface area contributed by atoms with E-state index in [1.807, 2.05) is 31.2 Å². The van der Waals surface area contributed by atoms with Gasteiger partial charge in [0, 0.05) is 20.1 Å². The van der Waals surface area contributed by atoms with Crippen LogP contribution in [0.5, 0.6) is 5.75 Å². The van der Waals surface area contributed by atoms with E-state index in [1.54, 1.807) is 7.11 Å². The number of methoxy groups -OCH3 is 1. The molecule has 0 saturated heterocycles. The first kappa shape index (κ1) is 15.0.